The van der Waals surface area contributed by atoms with Gasteiger partial charge in [-0.05, 0) is 41.8 Å². The maximum atomic E-state index is 13.4. The number of carbonyl (C=O) groups excluding carboxylic acids is 1. The summed E-state index contributed by atoms with van der Waals surface area (Å²) in [5.74, 6) is 1.84. The number of ether oxygens (including phenoxy) is 2. The van der Waals surface area contributed by atoms with Gasteiger partial charge >= 0.3 is 0 Å². The number of nitrogens with one attached hydrogen (secondary N) is 1. The van der Waals surface area contributed by atoms with Crippen LogP contribution >= 0.6 is 0 Å². The highest BCUT2D eigenvalue weighted by atomic mass is 16.5. The van der Waals surface area contributed by atoms with E-state index in [0.717, 1.165) is 46.9 Å². The minimum atomic E-state index is -0.198. The largest absolute Gasteiger partial charge is 0.497 e. The zero-order valence-electron chi connectivity index (χ0n) is 17.2. The third-order valence-corrected chi connectivity index (χ3v) is 5.99. The first-order valence-corrected chi connectivity index (χ1v) is 10.4. The summed E-state index contributed by atoms with van der Waals surface area (Å²) < 4.78 is 11.1. The van der Waals surface area contributed by atoms with Crippen LogP contribution in [-0.4, -0.2) is 40.5 Å². The maximum absolute atomic E-state index is 13.4. The molecule has 0 spiro atoms. The first kappa shape index (κ1) is 18.7. The lowest BCUT2D eigenvalue weighted by molar-refractivity contribution is -0.132. The zero-order chi connectivity index (χ0) is 20.7. The lowest BCUT2D eigenvalue weighted by Gasteiger charge is -2.35. The van der Waals surface area contributed by atoms with Crippen molar-refractivity contribution in [2.75, 3.05) is 13.7 Å². The molecule has 2 aliphatic rings. The van der Waals surface area contributed by atoms with Gasteiger partial charge in [-0.15, -0.1) is 0 Å². The number of fused-ring (bicyclic) bond motifs is 2. The van der Waals surface area contributed by atoms with E-state index in [1.54, 1.807) is 13.4 Å². The molecule has 3 heterocycles. The number of hydrogen-bond acceptors (Lipinski definition) is 4. The Morgan fingerprint density at radius 2 is 2.10 bits per heavy atom. The number of imidazole rings is 1. The summed E-state index contributed by atoms with van der Waals surface area (Å²) in [6, 6.07) is 13.8. The second-order valence-corrected chi connectivity index (χ2v) is 8.03. The van der Waals surface area contributed by atoms with Crippen molar-refractivity contribution < 1.29 is 14.3 Å². The molecule has 1 N–H and O–H groups in total. The predicted molar refractivity (Wildman–Crippen MR) is 113 cm³/mol. The molecule has 2 aliphatic heterocycles. The molecule has 154 valence electrons. The minimum absolute atomic E-state index is 0.108. The molecule has 3 aromatic rings. The number of H-pyrrole nitrogens is 1. The van der Waals surface area contributed by atoms with Gasteiger partial charge in [0.1, 0.15) is 23.6 Å². The molecule has 2 atom stereocenters. The van der Waals surface area contributed by atoms with E-state index >= 15 is 0 Å². The van der Waals surface area contributed by atoms with Gasteiger partial charge in [0.05, 0.1) is 25.6 Å². The van der Waals surface area contributed by atoms with Crippen LogP contribution in [0.2, 0.25) is 0 Å². The van der Waals surface area contributed by atoms with E-state index in [1.807, 2.05) is 41.3 Å². The van der Waals surface area contributed by atoms with Gasteiger partial charge in [-0.25, -0.2) is 4.98 Å². The number of rotatable bonds is 4. The number of benzene rings is 2. The lowest BCUT2D eigenvalue weighted by Crippen LogP contribution is -2.41. The first-order chi connectivity index (χ1) is 14.6. The van der Waals surface area contributed by atoms with Crippen LogP contribution < -0.4 is 9.47 Å². The fourth-order valence-corrected chi connectivity index (χ4v) is 4.53. The Kier molecular flexibility index (Phi) is 4.69. The topological polar surface area (TPSA) is 67.5 Å². The molecular formula is C24H25N3O3. The second kappa shape index (κ2) is 7.52. The van der Waals surface area contributed by atoms with Crippen molar-refractivity contribution in [2.24, 2.45) is 0 Å². The van der Waals surface area contributed by atoms with Crippen LogP contribution in [0.15, 0.2) is 48.8 Å². The second-order valence-electron chi connectivity index (χ2n) is 8.03. The van der Waals surface area contributed by atoms with Gasteiger partial charge in [0.2, 0.25) is 5.91 Å². The normalized spacial score (nSPS) is 19.7. The zero-order valence-corrected chi connectivity index (χ0v) is 17.2. The van der Waals surface area contributed by atoms with Crippen LogP contribution in [-0.2, 0) is 24.1 Å². The molecule has 6 heteroatoms. The van der Waals surface area contributed by atoms with Crippen LogP contribution in [0.4, 0.5) is 0 Å². The minimum Gasteiger partial charge on any atom is -0.497 e. The third-order valence-electron chi connectivity index (χ3n) is 5.99. The molecule has 0 fully saturated rings. The summed E-state index contributed by atoms with van der Waals surface area (Å²) in [5.41, 5.74) is 5.28. The van der Waals surface area contributed by atoms with Gasteiger partial charge in [0, 0.05) is 25.1 Å². The monoisotopic (exact) mass is 403 g/mol. The third kappa shape index (κ3) is 3.32. The molecular weight excluding hydrogens is 378 g/mol. The van der Waals surface area contributed by atoms with Gasteiger partial charge in [-0.3, -0.25) is 4.79 Å². The quantitative estimate of drug-likeness (QED) is 0.725. The van der Waals surface area contributed by atoms with Crippen molar-refractivity contribution in [2.45, 2.75) is 38.3 Å². The van der Waals surface area contributed by atoms with Crippen LogP contribution in [0.5, 0.6) is 11.5 Å². The lowest BCUT2D eigenvalue weighted by atomic mass is 9.94. The molecule has 30 heavy (non-hydrogen) atoms. The van der Waals surface area contributed by atoms with Crippen LogP contribution in [0.25, 0.3) is 0 Å². The Bertz CT molecular complexity index is 1070. The molecule has 5 rings (SSSR count). The molecule has 1 aromatic heterocycles. The SMILES string of the molecule is COc1ccc([C@@H]2c3nc[nH]c3CCN2C(=O)Cc2ccc3c(c2)C[C@H](C)O3)cc1. The average Bonchev–Trinajstić information content (AvgIpc) is 3.38. The standard InChI is InChI=1S/C24H25N3O3/c1-15-11-18-12-16(3-8-21(18)30-15)13-22(28)27-10-9-20-23(26-14-25-20)24(27)17-4-6-19(29-2)7-5-17/h3-8,12,14-15,24H,9-11,13H2,1-2H3,(H,25,26)/t15-,24+/m0/s1. The van der Waals surface area contributed by atoms with Gasteiger partial charge in [-0.2, -0.15) is 0 Å². The molecule has 1 amide bonds. The summed E-state index contributed by atoms with van der Waals surface area (Å²) in [5, 5.41) is 0. The van der Waals surface area contributed by atoms with Gasteiger partial charge in [0.25, 0.3) is 0 Å². The van der Waals surface area contributed by atoms with Crippen LogP contribution in [0.1, 0.15) is 41.0 Å². The first-order valence-electron chi connectivity index (χ1n) is 10.4. The van der Waals surface area contributed by atoms with Crippen molar-refractivity contribution in [1.82, 2.24) is 14.9 Å². The molecule has 0 radical (unpaired) electrons. The highest BCUT2D eigenvalue weighted by Gasteiger charge is 2.34. The van der Waals surface area contributed by atoms with E-state index in [-0.39, 0.29) is 18.1 Å². The van der Waals surface area contributed by atoms with Crippen molar-refractivity contribution in [3.8, 4) is 11.5 Å². The van der Waals surface area contributed by atoms with E-state index in [0.29, 0.717) is 13.0 Å². The van der Waals surface area contributed by atoms with E-state index in [1.165, 1.54) is 5.56 Å². The molecule has 6 nitrogen and oxygen atoms in total. The number of nitrogens with zero attached hydrogens (tertiary/aromatic N) is 2. The maximum Gasteiger partial charge on any atom is 0.227 e. The fraction of sp³-hybridized carbons (Fsp3) is 0.333. The molecule has 2 aromatic carbocycles. The summed E-state index contributed by atoms with van der Waals surface area (Å²) in [7, 11) is 1.65. The summed E-state index contributed by atoms with van der Waals surface area (Å²) in [4.78, 5) is 23.1. The van der Waals surface area contributed by atoms with E-state index < -0.39 is 0 Å². The Balaban J connectivity index is 1.43. The van der Waals surface area contributed by atoms with E-state index in [2.05, 4.69) is 23.0 Å². The van der Waals surface area contributed by atoms with Gasteiger partial charge in [0.15, 0.2) is 0 Å². The van der Waals surface area contributed by atoms with Crippen molar-refractivity contribution in [1.29, 1.82) is 0 Å². The van der Waals surface area contributed by atoms with Crippen LogP contribution in [0, 0.1) is 0 Å². The summed E-state index contributed by atoms with van der Waals surface area (Å²) in [6.45, 7) is 2.73. The van der Waals surface area contributed by atoms with Crippen LogP contribution in [0.3, 0.4) is 0 Å². The fourth-order valence-electron chi connectivity index (χ4n) is 4.53. The van der Waals surface area contributed by atoms with Crippen molar-refractivity contribution >= 4 is 5.91 Å². The number of amides is 1. The highest BCUT2D eigenvalue weighted by Crippen LogP contribution is 2.35. The van der Waals surface area contributed by atoms with Gasteiger partial charge < -0.3 is 19.4 Å². The van der Waals surface area contributed by atoms with Crippen molar-refractivity contribution in [3.63, 3.8) is 0 Å². The number of methoxy groups -OCH3 is 1. The number of hydrogen-bond donors (Lipinski definition) is 1. The molecule has 0 aliphatic carbocycles. The predicted octanol–water partition coefficient (Wildman–Crippen LogP) is 3.46. The number of aromatic amines is 1. The Hall–Kier alpha value is -3.28. The van der Waals surface area contributed by atoms with E-state index in [4.69, 9.17) is 9.47 Å². The van der Waals surface area contributed by atoms with Gasteiger partial charge in [-0.1, -0.05) is 24.3 Å². The Morgan fingerprint density at radius 3 is 2.90 bits per heavy atom. The molecule has 0 bridgehead atoms. The number of carbonyl (C=O) groups is 1. The molecule has 0 saturated carbocycles. The highest BCUT2D eigenvalue weighted by molar-refractivity contribution is 5.80. The molecule has 0 unspecified atom stereocenters. The number of aromatic nitrogens is 2. The smallest absolute Gasteiger partial charge is 0.227 e. The summed E-state index contributed by atoms with van der Waals surface area (Å²) >= 11 is 0. The van der Waals surface area contributed by atoms with Crippen molar-refractivity contribution in [3.05, 3.63) is 76.9 Å². The molecule has 0 saturated heterocycles. The summed E-state index contributed by atoms with van der Waals surface area (Å²) in [6.07, 6.45) is 3.96. The Labute approximate surface area is 175 Å². The average molecular weight is 403 g/mol. The van der Waals surface area contributed by atoms with E-state index in [9.17, 15) is 4.79 Å². The Morgan fingerprint density at radius 1 is 1.27 bits per heavy atom.